The van der Waals surface area contributed by atoms with Crippen LogP contribution in [0.25, 0.3) is 11.0 Å². The van der Waals surface area contributed by atoms with Crippen LogP contribution in [0, 0.1) is 5.92 Å². The molecule has 1 heterocycles. The van der Waals surface area contributed by atoms with E-state index >= 15 is 0 Å². The van der Waals surface area contributed by atoms with Gasteiger partial charge in [-0.25, -0.2) is 4.98 Å². The number of hydrogen-bond donors (Lipinski definition) is 3. The Morgan fingerprint density at radius 1 is 1.50 bits per heavy atom. The van der Waals surface area contributed by atoms with Crippen LogP contribution in [0.1, 0.15) is 12.8 Å². The van der Waals surface area contributed by atoms with Crippen LogP contribution in [-0.2, 0) is 0 Å². The summed E-state index contributed by atoms with van der Waals surface area (Å²) in [4.78, 5) is 9.91. The van der Waals surface area contributed by atoms with E-state index in [9.17, 15) is 5.11 Å². The van der Waals surface area contributed by atoms with Gasteiger partial charge >= 0.3 is 0 Å². The Bertz CT molecular complexity index is 559. The zero-order valence-corrected chi connectivity index (χ0v) is 10.4. The number of rotatable bonds is 3. The normalized spacial score (nSPS) is 23.0. The summed E-state index contributed by atoms with van der Waals surface area (Å²) < 4.78 is 0. The minimum absolute atomic E-state index is 0.0983. The summed E-state index contributed by atoms with van der Waals surface area (Å²) in [5, 5.41) is 9.29. The molecule has 1 fully saturated rings. The molecule has 0 bridgehead atoms. The number of hydrogen-bond acceptors (Lipinski definition) is 4. The van der Waals surface area contributed by atoms with Crippen molar-refractivity contribution in [3.8, 4) is 0 Å². The Labute approximate surface area is 106 Å². The number of benzene rings is 1. The molecule has 5 nitrogen and oxygen atoms in total. The quantitative estimate of drug-likeness (QED) is 0.714. The maximum Gasteiger partial charge on any atom is 0.203 e. The highest BCUT2D eigenvalue weighted by atomic mass is 16.3. The van der Waals surface area contributed by atoms with Gasteiger partial charge < -0.3 is 20.7 Å². The van der Waals surface area contributed by atoms with Gasteiger partial charge in [0.05, 0.1) is 17.1 Å². The summed E-state index contributed by atoms with van der Waals surface area (Å²) >= 11 is 0. The second-order valence-electron chi connectivity index (χ2n) is 5.21. The summed E-state index contributed by atoms with van der Waals surface area (Å²) in [5.74, 6) is 1.43. The third kappa shape index (κ3) is 2.01. The van der Waals surface area contributed by atoms with Crippen LogP contribution in [0.4, 0.5) is 11.6 Å². The molecule has 0 saturated heterocycles. The van der Waals surface area contributed by atoms with Crippen LogP contribution in [0.5, 0.6) is 0 Å². The van der Waals surface area contributed by atoms with E-state index in [4.69, 9.17) is 5.73 Å². The van der Waals surface area contributed by atoms with E-state index in [0.717, 1.165) is 42.1 Å². The summed E-state index contributed by atoms with van der Waals surface area (Å²) in [6.07, 6.45) is 1.70. The molecule has 96 valence electrons. The minimum Gasteiger partial charge on any atom is -0.399 e. The Hall–Kier alpha value is -1.75. The molecule has 5 heteroatoms. The predicted molar refractivity (Wildman–Crippen MR) is 72.5 cm³/mol. The molecule has 18 heavy (non-hydrogen) atoms. The number of imidazole rings is 1. The molecule has 0 atom stereocenters. The Morgan fingerprint density at radius 3 is 3.00 bits per heavy atom. The van der Waals surface area contributed by atoms with Crippen molar-refractivity contribution < 1.29 is 5.11 Å². The molecule has 0 radical (unpaired) electrons. The molecular weight excluding hydrogens is 228 g/mol. The molecule has 4 N–H and O–H groups in total. The molecule has 0 amide bonds. The fourth-order valence-electron chi connectivity index (χ4n) is 2.52. The van der Waals surface area contributed by atoms with Crippen molar-refractivity contribution in [2.45, 2.75) is 18.9 Å². The van der Waals surface area contributed by atoms with E-state index in [2.05, 4.69) is 14.9 Å². The number of aliphatic hydroxyl groups excluding tert-OH is 1. The average molecular weight is 246 g/mol. The van der Waals surface area contributed by atoms with Crippen molar-refractivity contribution in [2.24, 2.45) is 5.92 Å². The largest absolute Gasteiger partial charge is 0.399 e. The fourth-order valence-corrected chi connectivity index (χ4v) is 2.52. The second kappa shape index (κ2) is 4.17. The van der Waals surface area contributed by atoms with Gasteiger partial charge in [0.1, 0.15) is 0 Å². The van der Waals surface area contributed by atoms with E-state index < -0.39 is 0 Å². The number of nitrogens with zero attached hydrogens (tertiary/aromatic N) is 2. The van der Waals surface area contributed by atoms with Crippen LogP contribution in [0.3, 0.4) is 0 Å². The van der Waals surface area contributed by atoms with Gasteiger partial charge in [0.25, 0.3) is 0 Å². The zero-order valence-electron chi connectivity index (χ0n) is 10.4. The molecule has 1 aliphatic carbocycles. The lowest BCUT2D eigenvalue weighted by molar-refractivity contribution is 0.0464. The lowest BCUT2D eigenvalue weighted by atomic mass is 9.82. The van der Waals surface area contributed by atoms with Gasteiger partial charge in [-0.2, -0.15) is 0 Å². The lowest BCUT2D eigenvalue weighted by Gasteiger charge is -2.34. The van der Waals surface area contributed by atoms with Crippen molar-refractivity contribution >= 4 is 22.7 Å². The van der Waals surface area contributed by atoms with Gasteiger partial charge in [-0.05, 0) is 37.0 Å². The van der Waals surface area contributed by atoms with Crippen LogP contribution in [-0.4, -0.2) is 34.8 Å². The first kappa shape index (κ1) is 11.3. The highest BCUT2D eigenvalue weighted by Crippen LogP contribution is 2.29. The average Bonchev–Trinajstić information content (AvgIpc) is 2.69. The summed E-state index contributed by atoms with van der Waals surface area (Å²) in [6.45, 7) is 0.923. The van der Waals surface area contributed by atoms with Crippen molar-refractivity contribution in [3.05, 3.63) is 18.2 Å². The van der Waals surface area contributed by atoms with E-state index in [0.29, 0.717) is 5.92 Å². The predicted octanol–water partition coefficient (Wildman–Crippen LogP) is 1.35. The molecule has 1 aliphatic rings. The maximum absolute atomic E-state index is 9.29. The first-order valence-corrected chi connectivity index (χ1v) is 6.26. The number of anilines is 2. The first-order chi connectivity index (χ1) is 8.61. The summed E-state index contributed by atoms with van der Waals surface area (Å²) in [6, 6.07) is 5.67. The Kier molecular flexibility index (Phi) is 2.63. The van der Waals surface area contributed by atoms with Crippen molar-refractivity contribution in [3.63, 3.8) is 0 Å². The molecule has 0 aliphatic heterocycles. The maximum atomic E-state index is 9.29. The third-order valence-electron chi connectivity index (χ3n) is 3.60. The molecule has 3 rings (SSSR count). The SMILES string of the molecule is CN(CC1CC(O)C1)c1nc2ccc(N)cc2[nH]1. The number of nitrogens with two attached hydrogens (primary N) is 1. The number of aromatic amines is 1. The molecular formula is C13H18N4O. The second-order valence-corrected chi connectivity index (χ2v) is 5.21. The van der Waals surface area contributed by atoms with Crippen LogP contribution >= 0.6 is 0 Å². The van der Waals surface area contributed by atoms with Gasteiger partial charge in [-0.3, -0.25) is 0 Å². The number of H-pyrrole nitrogens is 1. The number of fused-ring (bicyclic) bond motifs is 1. The van der Waals surface area contributed by atoms with E-state index in [-0.39, 0.29) is 6.10 Å². The van der Waals surface area contributed by atoms with E-state index in [1.54, 1.807) is 0 Å². The molecule has 1 saturated carbocycles. The van der Waals surface area contributed by atoms with Crippen molar-refractivity contribution in [2.75, 3.05) is 24.2 Å². The molecule has 1 aromatic carbocycles. The Balaban J connectivity index is 1.76. The minimum atomic E-state index is -0.0983. The van der Waals surface area contributed by atoms with Gasteiger partial charge in [0.15, 0.2) is 0 Å². The van der Waals surface area contributed by atoms with Crippen LogP contribution < -0.4 is 10.6 Å². The highest BCUT2D eigenvalue weighted by molar-refractivity contribution is 5.80. The third-order valence-corrected chi connectivity index (χ3v) is 3.60. The summed E-state index contributed by atoms with van der Waals surface area (Å²) in [5.41, 5.74) is 8.38. The standard InChI is InChI=1S/C13H18N4O/c1-17(7-8-4-10(18)5-8)13-15-11-3-2-9(14)6-12(11)16-13/h2-3,6,8,10,18H,4-5,7,14H2,1H3,(H,15,16). The number of aromatic nitrogens is 2. The van der Waals surface area contributed by atoms with Crippen LogP contribution in [0.15, 0.2) is 18.2 Å². The number of aliphatic hydroxyl groups is 1. The van der Waals surface area contributed by atoms with Gasteiger partial charge in [0.2, 0.25) is 5.95 Å². The zero-order chi connectivity index (χ0) is 12.7. The monoisotopic (exact) mass is 246 g/mol. The summed E-state index contributed by atoms with van der Waals surface area (Å²) in [7, 11) is 2.02. The van der Waals surface area contributed by atoms with Gasteiger partial charge in [-0.1, -0.05) is 0 Å². The molecule has 2 aromatic rings. The Morgan fingerprint density at radius 2 is 2.28 bits per heavy atom. The number of nitrogens with one attached hydrogen (secondary N) is 1. The van der Waals surface area contributed by atoms with Crippen LogP contribution in [0.2, 0.25) is 0 Å². The smallest absolute Gasteiger partial charge is 0.203 e. The topological polar surface area (TPSA) is 78.2 Å². The molecule has 0 unspecified atom stereocenters. The lowest BCUT2D eigenvalue weighted by Crippen LogP contribution is -2.37. The number of nitrogen functional groups attached to an aromatic ring is 1. The fraction of sp³-hybridized carbons (Fsp3) is 0.462. The first-order valence-electron chi connectivity index (χ1n) is 6.26. The molecule has 1 aromatic heterocycles. The van der Waals surface area contributed by atoms with Crippen molar-refractivity contribution in [1.82, 2.24) is 9.97 Å². The van der Waals surface area contributed by atoms with Gasteiger partial charge in [-0.15, -0.1) is 0 Å². The van der Waals surface area contributed by atoms with E-state index in [1.165, 1.54) is 0 Å². The molecule has 0 spiro atoms. The van der Waals surface area contributed by atoms with Gasteiger partial charge in [0, 0.05) is 19.3 Å². The van der Waals surface area contributed by atoms with Crippen molar-refractivity contribution in [1.29, 1.82) is 0 Å². The highest BCUT2D eigenvalue weighted by Gasteiger charge is 2.28. The van der Waals surface area contributed by atoms with E-state index in [1.807, 2.05) is 25.2 Å².